The van der Waals surface area contributed by atoms with E-state index in [1.165, 1.54) is 6.07 Å². The van der Waals surface area contributed by atoms with Gasteiger partial charge in [0.05, 0.1) is 12.9 Å². The van der Waals surface area contributed by atoms with E-state index in [9.17, 15) is 4.39 Å². The van der Waals surface area contributed by atoms with Gasteiger partial charge in [-0.05, 0) is 39.1 Å². The van der Waals surface area contributed by atoms with Crippen LogP contribution in [0.5, 0.6) is 0 Å². The van der Waals surface area contributed by atoms with Gasteiger partial charge in [-0.2, -0.15) is 0 Å². The molecular formula is C18H19FN4. The molecule has 0 amide bonds. The van der Waals surface area contributed by atoms with Crippen LogP contribution < -0.4 is 4.90 Å². The third kappa shape index (κ3) is 3.49. The zero-order valence-electron chi connectivity index (χ0n) is 13.5. The number of hydrogen-bond acceptors (Lipinski definition) is 4. The van der Waals surface area contributed by atoms with Crippen molar-refractivity contribution in [3.63, 3.8) is 0 Å². The molecule has 1 fully saturated rings. The Labute approximate surface area is 136 Å². The topological polar surface area (TPSA) is 32.3 Å². The first-order valence-electron chi connectivity index (χ1n) is 7.49. The van der Waals surface area contributed by atoms with Gasteiger partial charge in [0.15, 0.2) is 0 Å². The van der Waals surface area contributed by atoms with Gasteiger partial charge in [0.2, 0.25) is 0 Å². The van der Waals surface area contributed by atoms with Crippen LogP contribution in [0.3, 0.4) is 0 Å². The van der Waals surface area contributed by atoms with E-state index in [1.807, 2.05) is 12.1 Å². The fourth-order valence-corrected chi connectivity index (χ4v) is 2.51. The van der Waals surface area contributed by atoms with E-state index in [2.05, 4.69) is 52.5 Å². The molecule has 0 aliphatic carbocycles. The Morgan fingerprint density at radius 3 is 2.52 bits per heavy atom. The number of halogens is 1. The molecule has 0 atom stereocenters. The van der Waals surface area contributed by atoms with Gasteiger partial charge >= 0.3 is 0 Å². The van der Waals surface area contributed by atoms with Crippen molar-refractivity contribution in [3.8, 4) is 11.8 Å². The quantitative estimate of drug-likeness (QED) is 0.758. The highest BCUT2D eigenvalue weighted by molar-refractivity contribution is 5.46. The van der Waals surface area contributed by atoms with Gasteiger partial charge in [-0.1, -0.05) is 11.8 Å². The summed E-state index contributed by atoms with van der Waals surface area (Å²) in [5.41, 5.74) is 1.49. The average Bonchev–Trinajstić information content (AvgIpc) is 2.79. The van der Waals surface area contributed by atoms with Gasteiger partial charge in [0, 0.05) is 35.6 Å². The Balaban J connectivity index is 1.74. The minimum atomic E-state index is -0.383. The summed E-state index contributed by atoms with van der Waals surface area (Å²) in [6.07, 6.45) is 4.45. The Kier molecular flexibility index (Phi) is 4.01. The lowest BCUT2D eigenvalue weighted by atomic mass is 10.1. The maximum atomic E-state index is 13.1. The molecule has 0 spiro atoms. The van der Waals surface area contributed by atoms with Crippen molar-refractivity contribution in [1.82, 2.24) is 14.9 Å². The Morgan fingerprint density at radius 1 is 1.13 bits per heavy atom. The molecule has 5 heteroatoms. The lowest BCUT2D eigenvalue weighted by Crippen LogP contribution is -2.36. The third-order valence-electron chi connectivity index (χ3n) is 4.12. The number of hydrogen-bond donors (Lipinski definition) is 0. The molecule has 4 nitrogen and oxygen atoms in total. The van der Waals surface area contributed by atoms with Crippen LogP contribution in [0, 0.1) is 17.7 Å². The molecule has 23 heavy (non-hydrogen) atoms. The van der Waals surface area contributed by atoms with Crippen LogP contribution in [-0.4, -0.2) is 40.7 Å². The summed E-state index contributed by atoms with van der Waals surface area (Å²) in [6, 6.07) is 5.28. The van der Waals surface area contributed by atoms with Gasteiger partial charge in [0.1, 0.15) is 11.6 Å². The summed E-state index contributed by atoms with van der Waals surface area (Å²) in [4.78, 5) is 12.8. The van der Waals surface area contributed by atoms with Crippen LogP contribution in [0.15, 0.2) is 36.8 Å². The van der Waals surface area contributed by atoms with Crippen molar-refractivity contribution in [2.75, 3.05) is 25.2 Å². The predicted molar refractivity (Wildman–Crippen MR) is 88.5 cm³/mol. The van der Waals surface area contributed by atoms with E-state index >= 15 is 0 Å². The van der Waals surface area contributed by atoms with E-state index in [0.29, 0.717) is 5.56 Å². The van der Waals surface area contributed by atoms with Crippen LogP contribution in [-0.2, 0) is 0 Å². The maximum absolute atomic E-state index is 13.1. The number of anilines is 1. The van der Waals surface area contributed by atoms with E-state index in [-0.39, 0.29) is 11.4 Å². The van der Waals surface area contributed by atoms with Crippen molar-refractivity contribution < 1.29 is 4.39 Å². The van der Waals surface area contributed by atoms with Crippen LogP contribution in [0.2, 0.25) is 0 Å². The molecule has 0 unspecified atom stereocenters. The smallest absolute Gasteiger partial charge is 0.142 e. The Morgan fingerprint density at radius 2 is 1.91 bits per heavy atom. The number of nitrogens with zero attached hydrogens (tertiary/aromatic N) is 4. The number of pyridine rings is 2. The lowest BCUT2D eigenvalue weighted by molar-refractivity contribution is 0.229. The van der Waals surface area contributed by atoms with Gasteiger partial charge < -0.3 is 4.90 Å². The van der Waals surface area contributed by atoms with Gasteiger partial charge in [-0.15, -0.1) is 0 Å². The minimum absolute atomic E-state index is 0.143. The molecule has 0 saturated carbocycles. The largest absolute Gasteiger partial charge is 0.342 e. The zero-order chi connectivity index (χ0) is 16.4. The molecule has 1 aliphatic rings. The monoisotopic (exact) mass is 310 g/mol. The molecule has 0 aromatic carbocycles. The molecule has 1 aliphatic heterocycles. The lowest BCUT2D eigenvalue weighted by Gasteiger charge is -2.24. The normalized spacial score (nSPS) is 17.0. The molecule has 2 aromatic heterocycles. The summed E-state index contributed by atoms with van der Waals surface area (Å²) >= 11 is 0. The average molecular weight is 310 g/mol. The highest BCUT2D eigenvalue weighted by Crippen LogP contribution is 2.25. The summed E-state index contributed by atoms with van der Waals surface area (Å²) < 4.78 is 13.1. The fraction of sp³-hybridized carbons (Fsp3) is 0.333. The second-order valence-electron chi connectivity index (χ2n) is 6.40. The molecule has 0 bridgehead atoms. The molecule has 3 rings (SSSR count). The van der Waals surface area contributed by atoms with Crippen LogP contribution >= 0.6 is 0 Å². The van der Waals surface area contributed by atoms with Gasteiger partial charge in [0.25, 0.3) is 0 Å². The van der Waals surface area contributed by atoms with Crippen molar-refractivity contribution in [3.05, 3.63) is 53.7 Å². The predicted octanol–water partition coefficient (Wildman–Crippen LogP) is 2.50. The second-order valence-corrected chi connectivity index (χ2v) is 6.40. The summed E-state index contributed by atoms with van der Waals surface area (Å²) in [6.45, 7) is 6.25. The van der Waals surface area contributed by atoms with Gasteiger partial charge in [-0.3, -0.25) is 9.88 Å². The van der Waals surface area contributed by atoms with Crippen molar-refractivity contribution in [2.45, 2.75) is 19.4 Å². The summed E-state index contributed by atoms with van der Waals surface area (Å²) in [7, 11) is 2.12. The number of aromatic nitrogens is 2. The van der Waals surface area contributed by atoms with E-state index in [1.54, 1.807) is 12.4 Å². The minimum Gasteiger partial charge on any atom is -0.342 e. The first kappa shape index (κ1) is 15.4. The SMILES string of the molecule is CN1CN(c2ccc(C#Cc3cncc(F)c3)cn2)CC1(C)C. The van der Waals surface area contributed by atoms with Crippen molar-refractivity contribution >= 4 is 5.82 Å². The van der Waals surface area contributed by atoms with E-state index in [4.69, 9.17) is 0 Å². The summed E-state index contributed by atoms with van der Waals surface area (Å²) in [5.74, 6) is 6.44. The van der Waals surface area contributed by atoms with E-state index in [0.717, 1.165) is 30.8 Å². The van der Waals surface area contributed by atoms with E-state index < -0.39 is 0 Å². The Hall–Kier alpha value is -2.45. The maximum Gasteiger partial charge on any atom is 0.142 e. The molecule has 1 saturated heterocycles. The van der Waals surface area contributed by atoms with Gasteiger partial charge in [-0.25, -0.2) is 9.37 Å². The molecule has 3 heterocycles. The second kappa shape index (κ2) is 5.98. The highest BCUT2D eigenvalue weighted by atomic mass is 19.1. The molecule has 2 aromatic rings. The molecule has 0 radical (unpaired) electrons. The first-order valence-corrected chi connectivity index (χ1v) is 7.49. The Bertz CT molecular complexity index is 759. The molecule has 0 N–H and O–H groups in total. The summed E-state index contributed by atoms with van der Waals surface area (Å²) in [5, 5.41) is 0. The highest BCUT2D eigenvalue weighted by Gasteiger charge is 2.34. The third-order valence-corrected chi connectivity index (χ3v) is 4.12. The fourth-order valence-electron chi connectivity index (χ4n) is 2.51. The van der Waals surface area contributed by atoms with Crippen LogP contribution in [0.1, 0.15) is 25.0 Å². The number of likely N-dealkylation sites (N-methyl/N-ethyl adjacent to an activating group) is 1. The number of rotatable bonds is 1. The van der Waals surface area contributed by atoms with Crippen LogP contribution in [0.25, 0.3) is 0 Å². The first-order chi connectivity index (χ1) is 10.9. The zero-order valence-corrected chi connectivity index (χ0v) is 13.5. The standard InChI is InChI=1S/C18H19FN4/c1-18(2)12-23(13-22(18)3)17-7-6-14(10-21-17)4-5-15-8-16(19)11-20-9-15/h6-11H,12-13H2,1-3H3. The van der Waals surface area contributed by atoms with Crippen molar-refractivity contribution in [2.24, 2.45) is 0 Å². The van der Waals surface area contributed by atoms with Crippen molar-refractivity contribution in [1.29, 1.82) is 0 Å². The molecular weight excluding hydrogens is 291 g/mol. The molecule has 118 valence electrons. The van der Waals surface area contributed by atoms with Crippen LogP contribution in [0.4, 0.5) is 10.2 Å².